The Morgan fingerprint density at radius 1 is 1.35 bits per heavy atom. The molecule has 0 heterocycles. The van der Waals surface area contributed by atoms with Gasteiger partial charge in [0.15, 0.2) is 0 Å². The second kappa shape index (κ2) is 7.17. The molecule has 0 aliphatic heterocycles. The maximum absolute atomic E-state index is 11.3. The Morgan fingerprint density at radius 2 is 2.00 bits per heavy atom. The minimum absolute atomic E-state index is 0.0692. The van der Waals surface area contributed by atoms with Crippen LogP contribution in [0.15, 0.2) is 24.3 Å². The summed E-state index contributed by atoms with van der Waals surface area (Å²) in [5.41, 5.74) is 0. The van der Waals surface area contributed by atoms with Crippen LogP contribution in [0.3, 0.4) is 0 Å². The zero-order chi connectivity index (χ0) is 12.7. The summed E-state index contributed by atoms with van der Waals surface area (Å²) >= 11 is 5.75. The fraction of sp³-hybridized carbons (Fsp3) is 0.462. The van der Waals surface area contributed by atoms with Gasteiger partial charge in [0.25, 0.3) is 0 Å². The summed E-state index contributed by atoms with van der Waals surface area (Å²) < 4.78 is 5.48. The van der Waals surface area contributed by atoms with Crippen LogP contribution < -0.4 is 10.1 Å². The monoisotopic (exact) mass is 255 g/mol. The summed E-state index contributed by atoms with van der Waals surface area (Å²) in [6.45, 7) is 4.43. The van der Waals surface area contributed by atoms with Gasteiger partial charge in [0.1, 0.15) is 5.75 Å². The van der Waals surface area contributed by atoms with E-state index in [0.717, 1.165) is 5.75 Å². The van der Waals surface area contributed by atoms with Gasteiger partial charge in [-0.3, -0.25) is 4.79 Å². The Hall–Kier alpha value is -1.22. The normalized spacial score (nSPS) is 10.4. The number of carbonyl (C=O) groups excluding carboxylic acids is 1. The van der Waals surface area contributed by atoms with Crippen LogP contribution in [0, 0.1) is 0 Å². The van der Waals surface area contributed by atoms with E-state index in [0.29, 0.717) is 24.5 Å². The highest BCUT2D eigenvalue weighted by molar-refractivity contribution is 6.30. The van der Waals surface area contributed by atoms with Crippen LogP contribution in [0.4, 0.5) is 0 Å². The molecule has 1 amide bonds. The van der Waals surface area contributed by atoms with Crippen LogP contribution in [-0.2, 0) is 4.79 Å². The lowest BCUT2D eigenvalue weighted by atomic mass is 10.3. The van der Waals surface area contributed by atoms with E-state index >= 15 is 0 Å². The molecule has 1 aromatic rings. The standard InChI is InChI=1S/C13H18ClNO2/c1-10(2)15-13(16)4-3-9-17-12-7-5-11(14)6-8-12/h5-8,10H,3-4,9H2,1-2H3,(H,15,16). The van der Waals surface area contributed by atoms with Gasteiger partial charge in [-0.2, -0.15) is 0 Å². The van der Waals surface area contributed by atoms with Gasteiger partial charge < -0.3 is 10.1 Å². The van der Waals surface area contributed by atoms with E-state index in [1.54, 1.807) is 12.1 Å². The number of benzene rings is 1. The Bertz CT molecular complexity index is 349. The second-order valence-corrected chi connectivity index (χ2v) is 4.56. The molecule has 4 heteroatoms. The minimum atomic E-state index is 0.0692. The number of amides is 1. The molecular formula is C13H18ClNO2. The molecule has 0 saturated carbocycles. The van der Waals surface area contributed by atoms with E-state index in [1.165, 1.54) is 0 Å². The summed E-state index contributed by atoms with van der Waals surface area (Å²) in [6.07, 6.45) is 1.20. The Kier molecular flexibility index (Phi) is 5.84. The van der Waals surface area contributed by atoms with Crippen LogP contribution >= 0.6 is 11.6 Å². The van der Waals surface area contributed by atoms with Gasteiger partial charge in [-0.15, -0.1) is 0 Å². The molecule has 0 radical (unpaired) electrons. The van der Waals surface area contributed by atoms with Crippen molar-refractivity contribution in [2.45, 2.75) is 32.7 Å². The maximum Gasteiger partial charge on any atom is 0.220 e. The summed E-state index contributed by atoms with van der Waals surface area (Å²) in [7, 11) is 0. The molecule has 17 heavy (non-hydrogen) atoms. The van der Waals surface area contributed by atoms with Crippen molar-refractivity contribution in [2.24, 2.45) is 0 Å². The molecule has 0 spiro atoms. The lowest BCUT2D eigenvalue weighted by Crippen LogP contribution is -2.30. The van der Waals surface area contributed by atoms with E-state index in [2.05, 4.69) is 5.32 Å². The van der Waals surface area contributed by atoms with Crippen molar-refractivity contribution < 1.29 is 9.53 Å². The van der Waals surface area contributed by atoms with E-state index in [9.17, 15) is 4.79 Å². The maximum atomic E-state index is 11.3. The third-order valence-corrected chi connectivity index (χ3v) is 2.33. The first-order chi connectivity index (χ1) is 8.08. The highest BCUT2D eigenvalue weighted by atomic mass is 35.5. The average molecular weight is 256 g/mol. The zero-order valence-corrected chi connectivity index (χ0v) is 11.0. The SMILES string of the molecule is CC(C)NC(=O)CCCOc1ccc(Cl)cc1. The average Bonchev–Trinajstić information content (AvgIpc) is 2.26. The number of hydrogen-bond acceptors (Lipinski definition) is 2. The molecule has 0 fully saturated rings. The van der Waals surface area contributed by atoms with Crippen molar-refractivity contribution in [2.75, 3.05) is 6.61 Å². The van der Waals surface area contributed by atoms with Gasteiger partial charge in [-0.05, 0) is 44.5 Å². The fourth-order valence-electron chi connectivity index (χ4n) is 1.35. The molecule has 0 unspecified atom stereocenters. The topological polar surface area (TPSA) is 38.3 Å². The smallest absolute Gasteiger partial charge is 0.220 e. The zero-order valence-electron chi connectivity index (χ0n) is 10.2. The lowest BCUT2D eigenvalue weighted by Gasteiger charge is -2.09. The first-order valence-corrected chi connectivity index (χ1v) is 6.13. The van der Waals surface area contributed by atoms with Crippen molar-refractivity contribution >= 4 is 17.5 Å². The van der Waals surface area contributed by atoms with Crippen molar-refractivity contribution in [1.82, 2.24) is 5.32 Å². The lowest BCUT2D eigenvalue weighted by molar-refractivity contribution is -0.121. The minimum Gasteiger partial charge on any atom is -0.494 e. The number of rotatable bonds is 6. The Labute approximate surface area is 107 Å². The van der Waals surface area contributed by atoms with E-state index in [4.69, 9.17) is 16.3 Å². The van der Waals surface area contributed by atoms with E-state index in [-0.39, 0.29) is 11.9 Å². The molecule has 0 bridgehead atoms. The summed E-state index contributed by atoms with van der Waals surface area (Å²) in [5.74, 6) is 0.846. The van der Waals surface area contributed by atoms with Gasteiger partial charge in [-0.25, -0.2) is 0 Å². The number of hydrogen-bond donors (Lipinski definition) is 1. The summed E-state index contributed by atoms with van der Waals surface area (Å²) in [5, 5.41) is 3.53. The molecule has 94 valence electrons. The Balaban J connectivity index is 2.16. The molecule has 1 rings (SSSR count). The molecular weight excluding hydrogens is 238 g/mol. The van der Waals surface area contributed by atoms with Gasteiger partial charge in [0.05, 0.1) is 6.61 Å². The van der Waals surface area contributed by atoms with Crippen molar-refractivity contribution in [3.8, 4) is 5.75 Å². The molecule has 1 aromatic carbocycles. The van der Waals surface area contributed by atoms with Crippen LogP contribution in [0.2, 0.25) is 5.02 Å². The largest absolute Gasteiger partial charge is 0.494 e. The highest BCUT2D eigenvalue weighted by Crippen LogP contribution is 2.15. The fourth-order valence-corrected chi connectivity index (χ4v) is 1.47. The highest BCUT2D eigenvalue weighted by Gasteiger charge is 2.02. The molecule has 1 N–H and O–H groups in total. The predicted molar refractivity (Wildman–Crippen MR) is 69.5 cm³/mol. The van der Waals surface area contributed by atoms with E-state index < -0.39 is 0 Å². The van der Waals surface area contributed by atoms with Gasteiger partial charge >= 0.3 is 0 Å². The van der Waals surface area contributed by atoms with Crippen molar-refractivity contribution in [3.63, 3.8) is 0 Å². The van der Waals surface area contributed by atoms with E-state index in [1.807, 2.05) is 26.0 Å². The second-order valence-electron chi connectivity index (χ2n) is 4.13. The van der Waals surface area contributed by atoms with Crippen LogP contribution in [0.25, 0.3) is 0 Å². The number of nitrogens with one attached hydrogen (secondary N) is 1. The third-order valence-electron chi connectivity index (χ3n) is 2.08. The predicted octanol–water partition coefficient (Wildman–Crippen LogP) is 3.02. The molecule has 0 aromatic heterocycles. The van der Waals surface area contributed by atoms with Gasteiger partial charge in [-0.1, -0.05) is 11.6 Å². The first-order valence-electron chi connectivity index (χ1n) is 5.75. The molecule has 0 atom stereocenters. The third kappa shape index (κ3) is 6.17. The van der Waals surface area contributed by atoms with Gasteiger partial charge in [0.2, 0.25) is 5.91 Å². The van der Waals surface area contributed by atoms with Crippen molar-refractivity contribution in [3.05, 3.63) is 29.3 Å². The molecule has 3 nitrogen and oxygen atoms in total. The first kappa shape index (κ1) is 13.8. The van der Waals surface area contributed by atoms with Crippen LogP contribution in [0.5, 0.6) is 5.75 Å². The van der Waals surface area contributed by atoms with Gasteiger partial charge in [0, 0.05) is 17.5 Å². The molecule has 0 aliphatic rings. The van der Waals surface area contributed by atoms with Crippen molar-refractivity contribution in [1.29, 1.82) is 0 Å². The van der Waals surface area contributed by atoms with Crippen LogP contribution in [-0.4, -0.2) is 18.6 Å². The number of ether oxygens (including phenoxy) is 1. The molecule has 0 saturated heterocycles. The number of carbonyl (C=O) groups is 1. The quantitative estimate of drug-likeness (QED) is 0.794. The summed E-state index contributed by atoms with van der Waals surface area (Å²) in [4.78, 5) is 11.3. The molecule has 0 aliphatic carbocycles. The Morgan fingerprint density at radius 3 is 2.59 bits per heavy atom. The van der Waals surface area contributed by atoms with Crippen LogP contribution in [0.1, 0.15) is 26.7 Å². The number of halogens is 1. The summed E-state index contributed by atoms with van der Waals surface area (Å²) in [6, 6.07) is 7.39.